The third kappa shape index (κ3) is 6.56. The third-order valence-corrected chi connectivity index (χ3v) is 7.94. The van der Waals surface area contributed by atoms with Gasteiger partial charge in [0.15, 0.2) is 0 Å². The van der Waals surface area contributed by atoms with Gasteiger partial charge in [-0.3, -0.25) is 0 Å². The number of likely N-dealkylation sites (N-methyl/N-ethyl adjacent to an activating group) is 1. The molecule has 0 spiro atoms. The predicted octanol–water partition coefficient (Wildman–Crippen LogP) is 2.35. The van der Waals surface area contributed by atoms with E-state index in [-0.39, 0.29) is 42.3 Å². The fourth-order valence-electron chi connectivity index (χ4n) is 3.80. The van der Waals surface area contributed by atoms with Gasteiger partial charge in [-0.05, 0) is 44.2 Å². The van der Waals surface area contributed by atoms with Gasteiger partial charge in [0.2, 0.25) is 10.0 Å². The summed E-state index contributed by atoms with van der Waals surface area (Å²) in [5, 5.41) is 22.1. The molecule has 3 rings (SSSR count). The van der Waals surface area contributed by atoms with Crippen LogP contribution in [0.15, 0.2) is 53.4 Å². The lowest BCUT2D eigenvalue weighted by Gasteiger charge is -2.37. The monoisotopic (exact) mass is 515 g/mol. The maximum atomic E-state index is 13.5. The Morgan fingerprint density at radius 3 is 2.58 bits per heavy atom. The average Bonchev–Trinajstić information content (AvgIpc) is 2.84. The smallest absolute Gasteiger partial charge is 0.321 e. The number of fused-ring (bicyclic) bond motifs is 1. The van der Waals surface area contributed by atoms with Gasteiger partial charge in [0.25, 0.3) is 0 Å². The maximum absolute atomic E-state index is 13.5. The summed E-state index contributed by atoms with van der Waals surface area (Å²) in [5.41, 5.74) is 1.13. The fourth-order valence-corrected chi connectivity index (χ4v) is 5.63. The second kappa shape index (κ2) is 11.8. The standard InChI is InChI=1S/C26H33N3O6S/c1-18-15-29(19(2)17-30)36(33,34)25-13-12-21(11-10-20(3)31)14-23(25)35-24(18)16-28(4)26(32)27-22-8-6-5-7-9-22/h5-9,12-14,18-20,24,30-31H,15-17H2,1-4H3,(H,27,32)/t18-,19-,20+,24-/m1/s1. The highest BCUT2D eigenvalue weighted by Gasteiger charge is 2.38. The molecule has 4 atom stereocenters. The summed E-state index contributed by atoms with van der Waals surface area (Å²) >= 11 is 0. The van der Waals surface area contributed by atoms with Crippen LogP contribution in [0.3, 0.4) is 0 Å². The Morgan fingerprint density at radius 2 is 1.94 bits per heavy atom. The van der Waals surface area contributed by atoms with Crippen molar-refractivity contribution in [3.63, 3.8) is 0 Å². The Morgan fingerprint density at radius 1 is 1.25 bits per heavy atom. The van der Waals surface area contributed by atoms with Crippen LogP contribution >= 0.6 is 0 Å². The molecule has 0 bridgehead atoms. The fraction of sp³-hybridized carbons (Fsp3) is 0.423. The van der Waals surface area contributed by atoms with Crippen molar-refractivity contribution in [2.75, 3.05) is 32.1 Å². The summed E-state index contributed by atoms with van der Waals surface area (Å²) in [5.74, 6) is 5.24. The highest BCUT2D eigenvalue weighted by Crippen LogP contribution is 2.34. The van der Waals surface area contributed by atoms with Gasteiger partial charge < -0.3 is 25.2 Å². The Balaban J connectivity index is 1.96. The second-order valence-corrected chi connectivity index (χ2v) is 10.9. The van der Waals surface area contributed by atoms with Crippen molar-refractivity contribution in [3.8, 4) is 17.6 Å². The molecule has 0 fully saturated rings. The molecule has 1 aliphatic heterocycles. The Bertz CT molecular complexity index is 1220. The minimum atomic E-state index is -3.99. The van der Waals surface area contributed by atoms with Gasteiger partial charge >= 0.3 is 6.03 Å². The van der Waals surface area contributed by atoms with Crippen molar-refractivity contribution in [1.82, 2.24) is 9.21 Å². The first kappa shape index (κ1) is 27.5. The van der Waals surface area contributed by atoms with E-state index in [9.17, 15) is 23.4 Å². The van der Waals surface area contributed by atoms with E-state index in [0.29, 0.717) is 11.3 Å². The molecular weight excluding hydrogens is 482 g/mol. The molecular formula is C26H33N3O6S. The van der Waals surface area contributed by atoms with Crippen LogP contribution in [0.25, 0.3) is 0 Å². The van der Waals surface area contributed by atoms with Crippen LogP contribution in [0.5, 0.6) is 5.75 Å². The second-order valence-electron chi connectivity index (χ2n) is 9.02. The van der Waals surface area contributed by atoms with Crippen LogP contribution < -0.4 is 10.1 Å². The number of amides is 2. The topological polar surface area (TPSA) is 119 Å². The van der Waals surface area contributed by atoms with Crippen LogP contribution in [0.1, 0.15) is 26.3 Å². The van der Waals surface area contributed by atoms with Crippen molar-refractivity contribution in [2.24, 2.45) is 5.92 Å². The maximum Gasteiger partial charge on any atom is 0.321 e. The number of anilines is 1. The number of carbonyl (C=O) groups is 1. The largest absolute Gasteiger partial charge is 0.487 e. The zero-order chi connectivity index (χ0) is 26.5. The molecule has 0 unspecified atom stereocenters. The molecule has 3 N–H and O–H groups in total. The molecule has 2 aromatic rings. The zero-order valence-electron chi connectivity index (χ0n) is 20.9. The van der Waals surface area contributed by atoms with Gasteiger partial charge in [-0.25, -0.2) is 13.2 Å². The number of para-hydroxylation sites is 1. The molecule has 0 saturated carbocycles. The molecule has 0 saturated heterocycles. The number of carbonyl (C=O) groups excluding carboxylic acids is 1. The molecule has 0 aliphatic carbocycles. The minimum absolute atomic E-state index is 0.0429. The number of ether oxygens (including phenoxy) is 1. The summed E-state index contributed by atoms with van der Waals surface area (Å²) in [6, 6.07) is 12.6. The van der Waals surface area contributed by atoms with Gasteiger partial charge in [-0.1, -0.05) is 37.0 Å². The molecule has 2 amide bonds. The molecule has 2 aromatic carbocycles. The average molecular weight is 516 g/mol. The minimum Gasteiger partial charge on any atom is -0.487 e. The molecule has 1 heterocycles. The molecule has 36 heavy (non-hydrogen) atoms. The Labute approximate surface area is 212 Å². The molecule has 10 heteroatoms. The lowest BCUT2D eigenvalue weighted by Crippen LogP contribution is -2.50. The number of rotatable bonds is 5. The van der Waals surface area contributed by atoms with Crippen molar-refractivity contribution in [1.29, 1.82) is 0 Å². The van der Waals surface area contributed by atoms with Crippen molar-refractivity contribution in [2.45, 2.75) is 43.9 Å². The van der Waals surface area contributed by atoms with Crippen LogP contribution in [0, 0.1) is 17.8 Å². The van der Waals surface area contributed by atoms with Gasteiger partial charge in [0.1, 0.15) is 22.9 Å². The number of aliphatic hydroxyl groups is 2. The molecule has 194 valence electrons. The van der Waals surface area contributed by atoms with Gasteiger partial charge in [0, 0.05) is 36.8 Å². The number of hydrogen-bond acceptors (Lipinski definition) is 6. The Kier molecular flexibility index (Phi) is 8.98. The lowest BCUT2D eigenvalue weighted by atomic mass is 10.0. The van der Waals surface area contributed by atoms with E-state index in [1.807, 2.05) is 25.1 Å². The van der Waals surface area contributed by atoms with Crippen molar-refractivity contribution in [3.05, 3.63) is 54.1 Å². The highest BCUT2D eigenvalue weighted by atomic mass is 32.2. The summed E-state index contributed by atoms with van der Waals surface area (Å²) in [7, 11) is -2.34. The van der Waals surface area contributed by atoms with Crippen LogP contribution in [0.2, 0.25) is 0 Å². The Hall–Kier alpha value is -3.10. The number of nitrogens with one attached hydrogen (secondary N) is 1. The van der Waals surface area contributed by atoms with E-state index in [2.05, 4.69) is 17.2 Å². The SMILES string of the molecule is C[C@H](O)C#Cc1ccc2c(c1)O[C@H](CN(C)C(=O)Nc1ccccc1)[C@H](C)CN([C@H](C)CO)S2(=O)=O. The van der Waals surface area contributed by atoms with Gasteiger partial charge in [-0.15, -0.1) is 0 Å². The molecule has 9 nitrogen and oxygen atoms in total. The third-order valence-electron chi connectivity index (χ3n) is 5.92. The van der Waals surface area contributed by atoms with E-state index < -0.39 is 28.3 Å². The number of hydrogen-bond donors (Lipinski definition) is 3. The van der Waals surface area contributed by atoms with Crippen LogP contribution in [0.4, 0.5) is 10.5 Å². The van der Waals surface area contributed by atoms with E-state index in [4.69, 9.17) is 4.74 Å². The molecule has 1 aliphatic rings. The van der Waals surface area contributed by atoms with Crippen molar-refractivity contribution < 1.29 is 28.2 Å². The normalized spacial score (nSPS) is 20.8. The van der Waals surface area contributed by atoms with E-state index in [1.165, 1.54) is 28.3 Å². The zero-order valence-corrected chi connectivity index (χ0v) is 21.7. The number of sulfonamides is 1. The number of urea groups is 1. The van der Waals surface area contributed by atoms with Crippen molar-refractivity contribution >= 4 is 21.7 Å². The van der Waals surface area contributed by atoms with Crippen LogP contribution in [-0.4, -0.2) is 78.9 Å². The van der Waals surface area contributed by atoms with E-state index in [1.54, 1.807) is 32.2 Å². The first-order valence-corrected chi connectivity index (χ1v) is 13.2. The quantitative estimate of drug-likeness (QED) is 0.526. The molecule has 0 aromatic heterocycles. The number of aliphatic hydroxyl groups excluding tert-OH is 2. The summed E-state index contributed by atoms with van der Waals surface area (Å²) in [6.45, 7) is 4.97. The summed E-state index contributed by atoms with van der Waals surface area (Å²) in [4.78, 5) is 14.2. The van der Waals surface area contributed by atoms with Crippen LogP contribution in [-0.2, 0) is 10.0 Å². The van der Waals surface area contributed by atoms with E-state index >= 15 is 0 Å². The number of nitrogens with zero attached hydrogens (tertiary/aromatic N) is 2. The first-order valence-electron chi connectivity index (χ1n) is 11.7. The highest BCUT2D eigenvalue weighted by molar-refractivity contribution is 7.89. The summed E-state index contributed by atoms with van der Waals surface area (Å²) < 4.78 is 34.6. The van der Waals surface area contributed by atoms with E-state index in [0.717, 1.165) is 0 Å². The lowest BCUT2D eigenvalue weighted by molar-refractivity contribution is 0.0830. The molecule has 0 radical (unpaired) electrons. The summed E-state index contributed by atoms with van der Waals surface area (Å²) in [6.07, 6.45) is -1.40. The van der Waals surface area contributed by atoms with Gasteiger partial charge in [0.05, 0.1) is 13.2 Å². The first-order chi connectivity index (χ1) is 17.0. The number of benzene rings is 2. The predicted molar refractivity (Wildman–Crippen MR) is 137 cm³/mol. The van der Waals surface area contributed by atoms with Gasteiger partial charge in [-0.2, -0.15) is 4.31 Å².